The van der Waals surface area contributed by atoms with E-state index in [2.05, 4.69) is 31.7 Å². The van der Waals surface area contributed by atoms with Crippen molar-refractivity contribution in [2.24, 2.45) is 17.6 Å². The minimum absolute atomic E-state index is 0.113. The van der Waals surface area contributed by atoms with E-state index in [1.54, 1.807) is 0 Å². The number of carbonyl (C=O) groups is 1. The van der Waals surface area contributed by atoms with Crippen LogP contribution in [-0.2, 0) is 4.79 Å². The summed E-state index contributed by atoms with van der Waals surface area (Å²) in [6, 6.07) is 0. The van der Waals surface area contributed by atoms with Gasteiger partial charge in [-0.2, -0.15) is 0 Å². The third-order valence-corrected chi connectivity index (χ3v) is 3.77. The number of nitrogens with zero attached hydrogens (tertiary/aromatic N) is 1. The Morgan fingerprint density at radius 3 is 2.50 bits per heavy atom. The largest absolute Gasteiger partial charge is 0.369 e. The standard InChI is InChI=1S/C15H28N2O/c1-12(2)5-4-6-13(3)11-17-9-7-14(8-10-17)15(16)18/h5,13-14H,4,6-11H2,1-3H3,(H2,16,18)/t13-/m1/s1. The van der Waals surface area contributed by atoms with Gasteiger partial charge in [0.25, 0.3) is 0 Å². The first kappa shape index (κ1) is 15.2. The van der Waals surface area contributed by atoms with E-state index in [1.165, 1.54) is 18.4 Å². The van der Waals surface area contributed by atoms with Gasteiger partial charge in [0, 0.05) is 12.5 Å². The lowest BCUT2D eigenvalue weighted by atomic mass is 9.95. The fourth-order valence-corrected chi connectivity index (χ4v) is 2.59. The van der Waals surface area contributed by atoms with Gasteiger partial charge in [0.2, 0.25) is 5.91 Å². The molecule has 1 atom stereocenters. The summed E-state index contributed by atoms with van der Waals surface area (Å²) in [6.07, 6.45) is 6.63. The zero-order valence-corrected chi connectivity index (χ0v) is 12.1. The summed E-state index contributed by atoms with van der Waals surface area (Å²) in [5, 5.41) is 0. The van der Waals surface area contributed by atoms with Crippen molar-refractivity contribution in [3.05, 3.63) is 11.6 Å². The molecule has 18 heavy (non-hydrogen) atoms. The van der Waals surface area contributed by atoms with Crippen LogP contribution in [0.25, 0.3) is 0 Å². The van der Waals surface area contributed by atoms with Crippen LogP contribution in [0.4, 0.5) is 0 Å². The summed E-state index contributed by atoms with van der Waals surface area (Å²) < 4.78 is 0. The van der Waals surface area contributed by atoms with Crippen molar-refractivity contribution in [2.45, 2.75) is 46.5 Å². The summed E-state index contributed by atoms with van der Waals surface area (Å²) >= 11 is 0. The van der Waals surface area contributed by atoms with Crippen molar-refractivity contribution >= 4 is 5.91 Å². The zero-order valence-electron chi connectivity index (χ0n) is 12.1. The molecule has 1 saturated heterocycles. The number of hydrogen-bond acceptors (Lipinski definition) is 2. The summed E-state index contributed by atoms with van der Waals surface area (Å²) in [6.45, 7) is 9.83. The maximum absolute atomic E-state index is 11.1. The van der Waals surface area contributed by atoms with E-state index in [0.717, 1.165) is 38.4 Å². The molecule has 0 bridgehead atoms. The van der Waals surface area contributed by atoms with Gasteiger partial charge in [0.05, 0.1) is 0 Å². The Labute approximate surface area is 111 Å². The van der Waals surface area contributed by atoms with Crippen molar-refractivity contribution < 1.29 is 4.79 Å². The summed E-state index contributed by atoms with van der Waals surface area (Å²) in [5.74, 6) is 0.721. The average molecular weight is 252 g/mol. The molecule has 0 aromatic rings. The first-order valence-corrected chi connectivity index (χ1v) is 7.14. The molecule has 3 nitrogen and oxygen atoms in total. The maximum Gasteiger partial charge on any atom is 0.220 e. The zero-order chi connectivity index (χ0) is 13.5. The van der Waals surface area contributed by atoms with E-state index >= 15 is 0 Å². The number of rotatable bonds is 6. The molecule has 0 radical (unpaired) electrons. The lowest BCUT2D eigenvalue weighted by Gasteiger charge is -2.32. The first-order chi connectivity index (χ1) is 8.49. The van der Waals surface area contributed by atoms with Crippen LogP contribution in [-0.4, -0.2) is 30.4 Å². The molecule has 0 aromatic heterocycles. The van der Waals surface area contributed by atoms with Gasteiger partial charge >= 0.3 is 0 Å². The molecular formula is C15H28N2O. The topological polar surface area (TPSA) is 46.3 Å². The molecule has 0 unspecified atom stereocenters. The van der Waals surface area contributed by atoms with Gasteiger partial charge in [-0.1, -0.05) is 18.6 Å². The highest BCUT2D eigenvalue weighted by atomic mass is 16.1. The maximum atomic E-state index is 11.1. The Balaban J connectivity index is 2.20. The molecule has 1 amide bonds. The summed E-state index contributed by atoms with van der Waals surface area (Å²) in [4.78, 5) is 13.6. The number of likely N-dealkylation sites (tertiary alicyclic amines) is 1. The lowest BCUT2D eigenvalue weighted by Crippen LogP contribution is -2.40. The number of allylic oxidation sites excluding steroid dienone is 2. The summed E-state index contributed by atoms with van der Waals surface area (Å²) in [7, 11) is 0. The molecule has 1 heterocycles. The highest BCUT2D eigenvalue weighted by Crippen LogP contribution is 2.19. The van der Waals surface area contributed by atoms with Crippen molar-refractivity contribution in [2.75, 3.05) is 19.6 Å². The number of amides is 1. The Bertz CT molecular complexity index is 287. The van der Waals surface area contributed by atoms with Crippen LogP contribution in [0.15, 0.2) is 11.6 Å². The van der Waals surface area contributed by atoms with Crippen LogP contribution < -0.4 is 5.73 Å². The van der Waals surface area contributed by atoms with E-state index in [9.17, 15) is 4.79 Å². The van der Waals surface area contributed by atoms with Crippen molar-refractivity contribution in [3.63, 3.8) is 0 Å². The Kier molecular flexibility index (Phi) is 6.41. The van der Waals surface area contributed by atoms with Crippen LogP contribution in [0, 0.1) is 11.8 Å². The number of carbonyl (C=O) groups excluding carboxylic acids is 1. The van der Waals surface area contributed by atoms with Crippen molar-refractivity contribution in [1.82, 2.24) is 4.90 Å². The van der Waals surface area contributed by atoms with Crippen molar-refractivity contribution in [3.8, 4) is 0 Å². The van der Waals surface area contributed by atoms with Gasteiger partial charge in [-0.05, 0) is 58.5 Å². The number of nitrogens with two attached hydrogens (primary N) is 1. The average Bonchev–Trinajstić information content (AvgIpc) is 2.29. The highest BCUT2D eigenvalue weighted by molar-refractivity contribution is 5.76. The minimum atomic E-state index is -0.119. The van der Waals surface area contributed by atoms with E-state index < -0.39 is 0 Å². The molecule has 0 aromatic carbocycles. The molecule has 1 aliphatic heterocycles. The normalized spacial score (nSPS) is 19.5. The minimum Gasteiger partial charge on any atom is -0.369 e. The van der Waals surface area contributed by atoms with E-state index in [1.807, 2.05) is 0 Å². The Morgan fingerprint density at radius 2 is 2.00 bits per heavy atom. The van der Waals surface area contributed by atoms with Crippen LogP contribution in [0.2, 0.25) is 0 Å². The molecule has 3 heteroatoms. The molecular weight excluding hydrogens is 224 g/mol. The number of hydrogen-bond donors (Lipinski definition) is 1. The third kappa shape index (κ3) is 5.67. The van der Waals surface area contributed by atoms with Gasteiger partial charge in [0.1, 0.15) is 0 Å². The molecule has 1 fully saturated rings. The lowest BCUT2D eigenvalue weighted by molar-refractivity contribution is -0.123. The molecule has 1 rings (SSSR count). The molecule has 104 valence electrons. The monoisotopic (exact) mass is 252 g/mol. The second kappa shape index (κ2) is 7.57. The SMILES string of the molecule is CC(C)=CCC[C@@H](C)CN1CCC(C(N)=O)CC1. The van der Waals surface area contributed by atoms with Crippen LogP contribution in [0.3, 0.4) is 0 Å². The third-order valence-electron chi connectivity index (χ3n) is 3.77. The van der Waals surface area contributed by atoms with Crippen molar-refractivity contribution in [1.29, 1.82) is 0 Å². The van der Waals surface area contributed by atoms with Crippen LogP contribution in [0.1, 0.15) is 46.5 Å². The summed E-state index contributed by atoms with van der Waals surface area (Å²) in [5.41, 5.74) is 6.75. The van der Waals surface area contributed by atoms with Gasteiger partial charge in [0.15, 0.2) is 0 Å². The Hall–Kier alpha value is -0.830. The first-order valence-electron chi connectivity index (χ1n) is 7.14. The predicted molar refractivity (Wildman–Crippen MR) is 76.2 cm³/mol. The quantitative estimate of drug-likeness (QED) is 0.739. The second-order valence-corrected chi connectivity index (χ2v) is 5.94. The fraction of sp³-hybridized carbons (Fsp3) is 0.800. The molecule has 0 saturated carbocycles. The molecule has 0 spiro atoms. The predicted octanol–water partition coefficient (Wildman–Crippen LogP) is 2.57. The number of piperidine rings is 1. The van der Waals surface area contributed by atoms with Gasteiger partial charge in [-0.25, -0.2) is 0 Å². The second-order valence-electron chi connectivity index (χ2n) is 5.94. The molecule has 2 N–H and O–H groups in total. The molecule has 0 aliphatic carbocycles. The van der Waals surface area contributed by atoms with Gasteiger partial charge in [-0.15, -0.1) is 0 Å². The highest BCUT2D eigenvalue weighted by Gasteiger charge is 2.23. The van der Waals surface area contributed by atoms with Crippen LogP contribution >= 0.6 is 0 Å². The van der Waals surface area contributed by atoms with E-state index in [0.29, 0.717) is 0 Å². The Morgan fingerprint density at radius 1 is 1.39 bits per heavy atom. The smallest absolute Gasteiger partial charge is 0.220 e. The van der Waals surface area contributed by atoms with Gasteiger partial charge < -0.3 is 10.6 Å². The number of primary amides is 1. The van der Waals surface area contributed by atoms with Gasteiger partial charge in [-0.3, -0.25) is 4.79 Å². The molecule has 1 aliphatic rings. The fourth-order valence-electron chi connectivity index (χ4n) is 2.59. The van der Waals surface area contributed by atoms with Crippen LogP contribution in [0.5, 0.6) is 0 Å². The van der Waals surface area contributed by atoms with E-state index in [4.69, 9.17) is 5.73 Å². The van der Waals surface area contributed by atoms with E-state index in [-0.39, 0.29) is 11.8 Å².